The SMILES string of the molecule is CC(Cc1ccc(NC(=O)CNC(=O)Cc2ccccc2)cc1)C(=O)O. The summed E-state index contributed by atoms with van der Waals surface area (Å²) in [6.07, 6.45) is 0.656. The number of carboxylic acids is 1. The Balaban J connectivity index is 1.77. The molecule has 3 N–H and O–H groups in total. The van der Waals surface area contributed by atoms with Crippen molar-refractivity contribution in [1.29, 1.82) is 0 Å². The number of anilines is 1. The third-order valence-electron chi connectivity index (χ3n) is 3.85. The molecule has 2 aromatic carbocycles. The molecule has 2 rings (SSSR count). The average molecular weight is 354 g/mol. The molecule has 0 saturated carbocycles. The third kappa shape index (κ3) is 6.39. The standard InChI is InChI=1S/C20H22N2O4/c1-14(20(25)26)11-16-7-9-17(10-8-16)22-19(24)13-21-18(23)12-15-5-3-2-4-6-15/h2-10,14H,11-13H2,1H3,(H,21,23)(H,22,24)(H,25,26). The molecular weight excluding hydrogens is 332 g/mol. The topological polar surface area (TPSA) is 95.5 Å². The van der Waals surface area contributed by atoms with Crippen LogP contribution in [0.15, 0.2) is 54.6 Å². The number of hydrogen-bond acceptors (Lipinski definition) is 3. The van der Waals surface area contributed by atoms with Gasteiger partial charge < -0.3 is 15.7 Å². The minimum atomic E-state index is -0.839. The number of carbonyl (C=O) groups is 3. The molecule has 0 heterocycles. The molecule has 2 aromatic rings. The van der Waals surface area contributed by atoms with Crippen molar-refractivity contribution in [3.05, 3.63) is 65.7 Å². The molecule has 6 heteroatoms. The van der Waals surface area contributed by atoms with Crippen LogP contribution in [0.25, 0.3) is 0 Å². The van der Waals surface area contributed by atoms with Crippen molar-refractivity contribution in [3.8, 4) is 0 Å². The summed E-state index contributed by atoms with van der Waals surface area (Å²) in [5.41, 5.74) is 2.37. The normalized spacial score (nSPS) is 11.4. The maximum atomic E-state index is 11.9. The molecule has 2 amide bonds. The first-order valence-electron chi connectivity index (χ1n) is 8.36. The van der Waals surface area contributed by atoms with Crippen LogP contribution in [0.3, 0.4) is 0 Å². The Morgan fingerprint density at radius 2 is 1.58 bits per heavy atom. The quantitative estimate of drug-likeness (QED) is 0.677. The van der Waals surface area contributed by atoms with Gasteiger partial charge >= 0.3 is 5.97 Å². The summed E-state index contributed by atoms with van der Waals surface area (Å²) in [5, 5.41) is 14.2. The first kappa shape index (κ1) is 19.2. The Labute approximate surface area is 152 Å². The van der Waals surface area contributed by atoms with E-state index in [4.69, 9.17) is 5.11 Å². The lowest BCUT2D eigenvalue weighted by Gasteiger charge is -2.09. The van der Waals surface area contributed by atoms with Crippen molar-refractivity contribution in [1.82, 2.24) is 5.32 Å². The minimum absolute atomic E-state index is 0.108. The first-order valence-corrected chi connectivity index (χ1v) is 8.36. The molecule has 0 fully saturated rings. The Hall–Kier alpha value is -3.15. The Morgan fingerprint density at radius 3 is 2.19 bits per heavy atom. The Bertz CT molecular complexity index is 757. The maximum absolute atomic E-state index is 11.9. The van der Waals surface area contributed by atoms with Crippen molar-refractivity contribution >= 4 is 23.5 Å². The molecule has 136 valence electrons. The van der Waals surface area contributed by atoms with E-state index in [1.165, 1.54) is 0 Å². The number of aliphatic carboxylic acids is 1. The van der Waals surface area contributed by atoms with Gasteiger partial charge in [0.25, 0.3) is 0 Å². The zero-order chi connectivity index (χ0) is 18.9. The molecule has 26 heavy (non-hydrogen) atoms. The van der Waals surface area contributed by atoms with E-state index in [1.54, 1.807) is 31.2 Å². The third-order valence-corrected chi connectivity index (χ3v) is 3.85. The van der Waals surface area contributed by atoms with Crippen LogP contribution in [0.4, 0.5) is 5.69 Å². The van der Waals surface area contributed by atoms with Crippen molar-refractivity contribution in [2.45, 2.75) is 19.8 Å². The van der Waals surface area contributed by atoms with Gasteiger partial charge in [0.15, 0.2) is 0 Å². The molecule has 0 radical (unpaired) electrons. The van der Waals surface area contributed by atoms with Crippen LogP contribution in [-0.2, 0) is 27.2 Å². The molecule has 0 spiro atoms. The largest absolute Gasteiger partial charge is 0.481 e. The number of nitrogens with one attached hydrogen (secondary N) is 2. The molecule has 0 saturated heterocycles. The maximum Gasteiger partial charge on any atom is 0.306 e. The second-order valence-corrected chi connectivity index (χ2v) is 6.13. The molecule has 0 bridgehead atoms. The molecule has 6 nitrogen and oxygen atoms in total. The van der Waals surface area contributed by atoms with E-state index in [-0.39, 0.29) is 24.8 Å². The summed E-state index contributed by atoms with van der Waals surface area (Å²) in [6.45, 7) is 1.54. The number of amides is 2. The Kier molecular flexibility index (Phi) is 6.91. The smallest absolute Gasteiger partial charge is 0.306 e. The second-order valence-electron chi connectivity index (χ2n) is 6.13. The lowest BCUT2D eigenvalue weighted by atomic mass is 10.0. The fraction of sp³-hybridized carbons (Fsp3) is 0.250. The van der Waals surface area contributed by atoms with Crippen LogP contribution in [0, 0.1) is 5.92 Å². The summed E-state index contributed by atoms with van der Waals surface area (Å²) in [7, 11) is 0. The van der Waals surface area contributed by atoms with Gasteiger partial charge in [-0.3, -0.25) is 14.4 Å². The van der Waals surface area contributed by atoms with Crippen molar-refractivity contribution < 1.29 is 19.5 Å². The predicted molar refractivity (Wildman–Crippen MR) is 98.7 cm³/mol. The summed E-state index contributed by atoms with van der Waals surface area (Å²) in [4.78, 5) is 34.6. The highest BCUT2D eigenvalue weighted by molar-refractivity contribution is 5.94. The monoisotopic (exact) mass is 354 g/mol. The van der Waals surface area contributed by atoms with Crippen LogP contribution in [0.5, 0.6) is 0 Å². The van der Waals surface area contributed by atoms with Gasteiger partial charge in [0.05, 0.1) is 18.9 Å². The number of carbonyl (C=O) groups excluding carboxylic acids is 2. The molecule has 1 unspecified atom stereocenters. The molecule has 0 aromatic heterocycles. The fourth-order valence-electron chi connectivity index (χ4n) is 2.39. The highest BCUT2D eigenvalue weighted by Gasteiger charge is 2.12. The van der Waals surface area contributed by atoms with Crippen LogP contribution in [0.1, 0.15) is 18.1 Å². The van der Waals surface area contributed by atoms with E-state index < -0.39 is 11.9 Å². The second kappa shape index (κ2) is 9.36. The average Bonchev–Trinajstić information content (AvgIpc) is 2.62. The summed E-state index contributed by atoms with van der Waals surface area (Å²) >= 11 is 0. The van der Waals surface area contributed by atoms with Gasteiger partial charge in [-0.1, -0.05) is 49.4 Å². The first-order chi connectivity index (χ1) is 12.4. The number of rotatable bonds is 8. The summed E-state index contributed by atoms with van der Waals surface area (Å²) < 4.78 is 0. The fourth-order valence-corrected chi connectivity index (χ4v) is 2.39. The van der Waals surface area contributed by atoms with Gasteiger partial charge in [0.1, 0.15) is 0 Å². The van der Waals surface area contributed by atoms with Crippen molar-refractivity contribution in [2.75, 3.05) is 11.9 Å². The van der Waals surface area contributed by atoms with Gasteiger partial charge in [-0.05, 0) is 29.7 Å². The lowest BCUT2D eigenvalue weighted by Crippen LogP contribution is -2.33. The zero-order valence-corrected chi connectivity index (χ0v) is 14.6. The highest BCUT2D eigenvalue weighted by Crippen LogP contribution is 2.13. The number of carboxylic acid groups (broad SMARTS) is 1. The van der Waals surface area contributed by atoms with Gasteiger partial charge in [-0.15, -0.1) is 0 Å². The van der Waals surface area contributed by atoms with Gasteiger partial charge in [-0.25, -0.2) is 0 Å². The molecule has 0 aliphatic rings. The van der Waals surface area contributed by atoms with E-state index in [1.807, 2.05) is 30.3 Å². The molecular formula is C20H22N2O4. The predicted octanol–water partition coefficient (Wildman–Crippen LogP) is 2.25. The van der Waals surface area contributed by atoms with Crippen LogP contribution in [-0.4, -0.2) is 29.4 Å². The summed E-state index contributed by atoms with van der Waals surface area (Å²) in [6, 6.07) is 16.3. The molecule has 0 aliphatic carbocycles. The van der Waals surface area contributed by atoms with Crippen LogP contribution in [0.2, 0.25) is 0 Å². The summed E-state index contributed by atoms with van der Waals surface area (Å²) in [5.74, 6) is -1.84. The van der Waals surface area contributed by atoms with E-state index in [0.29, 0.717) is 12.1 Å². The highest BCUT2D eigenvalue weighted by atomic mass is 16.4. The molecule has 1 atom stereocenters. The minimum Gasteiger partial charge on any atom is -0.481 e. The Morgan fingerprint density at radius 1 is 0.923 bits per heavy atom. The number of hydrogen-bond donors (Lipinski definition) is 3. The van der Waals surface area contributed by atoms with Gasteiger partial charge in [-0.2, -0.15) is 0 Å². The van der Waals surface area contributed by atoms with Crippen LogP contribution < -0.4 is 10.6 Å². The van der Waals surface area contributed by atoms with Crippen molar-refractivity contribution in [3.63, 3.8) is 0 Å². The van der Waals surface area contributed by atoms with E-state index in [0.717, 1.165) is 11.1 Å². The lowest BCUT2D eigenvalue weighted by molar-refractivity contribution is -0.141. The number of benzene rings is 2. The zero-order valence-electron chi connectivity index (χ0n) is 14.6. The van der Waals surface area contributed by atoms with Crippen LogP contribution >= 0.6 is 0 Å². The van der Waals surface area contributed by atoms with E-state index in [2.05, 4.69) is 10.6 Å². The molecule has 0 aliphatic heterocycles. The van der Waals surface area contributed by atoms with E-state index in [9.17, 15) is 14.4 Å². The van der Waals surface area contributed by atoms with Gasteiger partial charge in [0.2, 0.25) is 11.8 Å². The van der Waals surface area contributed by atoms with Crippen molar-refractivity contribution in [2.24, 2.45) is 5.92 Å². The van der Waals surface area contributed by atoms with Gasteiger partial charge in [0, 0.05) is 5.69 Å². The van der Waals surface area contributed by atoms with E-state index >= 15 is 0 Å².